The van der Waals surface area contributed by atoms with Crippen LogP contribution in [0.4, 0.5) is 11.6 Å². The van der Waals surface area contributed by atoms with E-state index in [0.29, 0.717) is 6.54 Å². The molecule has 2 N–H and O–H groups in total. The van der Waals surface area contributed by atoms with E-state index in [1.54, 1.807) is 6.33 Å². The first-order valence-electron chi connectivity index (χ1n) is 6.48. The van der Waals surface area contributed by atoms with Crippen molar-refractivity contribution in [1.29, 1.82) is 0 Å². The summed E-state index contributed by atoms with van der Waals surface area (Å²) >= 11 is 0. The second-order valence-corrected chi connectivity index (χ2v) is 4.22. The molecular formula is C13H19N5O. The molecule has 2 rings (SSSR count). The molecule has 0 bridgehead atoms. The molecule has 0 aliphatic rings. The molecule has 0 saturated carbocycles. The highest BCUT2D eigenvalue weighted by Gasteiger charge is 2.09. The summed E-state index contributed by atoms with van der Waals surface area (Å²) in [5.74, 6) is 2.54. The lowest BCUT2D eigenvalue weighted by molar-refractivity contribution is 0.391. The molecule has 0 unspecified atom stereocenters. The van der Waals surface area contributed by atoms with Gasteiger partial charge in [-0.1, -0.05) is 12.1 Å². The summed E-state index contributed by atoms with van der Waals surface area (Å²) in [6.45, 7) is 7.44. The average molecular weight is 261 g/mol. The van der Waals surface area contributed by atoms with Crippen LogP contribution in [0.3, 0.4) is 0 Å². The summed E-state index contributed by atoms with van der Waals surface area (Å²) < 4.78 is 5.04. The van der Waals surface area contributed by atoms with Gasteiger partial charge in [-0.3, -0.25) is 0 Å². The van der Waals surface area contributed by atoms with Crippen molar-refractivity contribution in [2.75, 3.05) is 17.2 Å². The van der Waals surface area contributed by atoms with Gasteiger partial charge in [-0.25, -0.2) is 9.97 Å². The molecule has 102 valence electrons. The molecule has 6 heteroatoms. The van der Waals surface area contributed by atoms with Crippen molar-refractivity contribution in [3.63, 3.8) is 0 Å². The summed E-state index contributed by atoms with van der Waals surface area (Å²) in [6.07, 6.45) is 2.43. The molecule has 19 heavy (non-hydrogen) atoms. The Kier molecular flexibility index (Phi) is 4.33. The number of rotatable bonds is 6. The Morgan fingerprint density at radius 2 is 1.89 bits per heavy atom. The Morgan fingerprint density at radius 1 is 1.16 bits per heavy atom. The molecule has 0 radical (unpaired) electrons. The third-order valence-corrected chi connectivity index (χ3v) is 2.76. The lowest BCUT2D eigenvalue weighted by Crippen LogP contribution is -2.09. The Labute approximate surface area is 112 Å². The minimum Gasteiger partial charge on any atom is -0.370 e. The van der Waals surface area contributed by atoms with E-state index in [-0.39, 0.29) is 0 Å². The third-order valence-electron chi connectivity index (χ3n) is 2.76. The molecule has 0 aromatic carbocycles. The molecule has 0 fully saturated rings. The Bertz CT molecular complexity index is 538. The van der Waals surface area contributed by atoms with Crippen LogP contribution in [0.25, 0.3) is 0 Å². The first-order chi connectivity index (χ1) is 9.24. The van der Waals surface area contributed by atoms with Crippen LogP contribution in [0, 0.1) is 6.92 Å². The maximum Gasteiger partial charge on any atom is 0.135 e. The molecule has 0 atom stereocenters. The maximum absolute atomic E-state index is 5.04. The average Bonchev–Trinajstić information content (AvgIpc) is 2.83. The number of anilines is 2. The van der Waals surface area contributed by atoms with Gasteiger partial charge >= 0.3 is 0 Å². The highest BCUT2D eigenvalue weighted by molar-refractivity contribution is 5.57. The van der Waals surface area contributed by atoms with Gasteiger partial charge in [-0.05, 0) is 20.3 Å². The predicted octanol–water partition coefficient (Wildman–Crippen LogP) is 2.38. The Morgan fingerprint density at radius 3 is 2.47 bits per heavy atom. The van der Waals surface area contributed by atoms with E-state index in [9.17, 15) is 0 Å². The molecule has 0 spiro atoms. The predicted molar refractivity (Wildman–Crippen MR) is 74.1 cm³/mol. The highest BCUT2D eigenvalue weighted by Crippen LogP contribution is 2.20. The van der Waals surface area contributed by atoms with Crippen molar-refractivity contribution in [1.82, 2.24) is 15.1 Å². The van der Waals surface area contributed by atoms with Crippen molar-refractivity contribution in [3.8, 4) is 0 Å². The van der Waals surface area contributed by atoms with Crippen molar-refractivity contribution >= 4 is 11.6 Å². The van der Waals surface area contributed by atoms with Crippen LogP contribution in [0.2, 0.25) is 0 Å². The minimum atomic E-state index is 0.590. The van der Waals surface area contributed by atoms with Crippen LogP contribution in [-0.2, 0) is 13.0 Å². The zero-order valence-corrected chi connectivity index (χ0v) is 11.5. The van der Waals surface area contributed by atoms with E-state index >= 15 is 0 Å². The fraction of sp³-hybridized carbons (Fsp3) is 0.462. The van der Waals surface area contributed by atoms with Crippen molar-refractivity contribution in [3.05, 3.63) is 29.4 Å². The first-order valence-corrected chi connectivity index (χ1v) is 6.48. The van der Waals surface area contributed by atoms with Crippen molar-refractivity contribution in [2.45, 2.75) is 33.7 Å². The highest BCUT2D eigenvalue weighted by atomic mass is 16.5. The number of hydrogen-bond acceptors (Lipinski definition) is 6. The van der Waals surface area contributed by atoms with Gasteiger partial charge in [0.15, 0.2) is 0 Å². The lowest BCUT2D eigenvalue weighted by atomic mass is 10.2. The fourth-order valence-corrected chi connectivity index (χ4v) is 1.89. The number of aromatic nitrogens is 3. The molecule has 0 aliphatic heterocycles. The number of aryl methyl sites for hydroxylation is 1. The summed E-state index contributed by atoms with van der Waals surface area (Å²) in [4.78, 5) is 8.56. The van der Waals surface area contributed by atoms with Crippen LogP contribution < -0.4 is 10.6 Å². The van der Waals surface area contributed by atoms with Gasteiger partial charge in [0.05, 0.1) is 6.54 Å². The first kappa shape index (κ1) is 13.3. The quantitative estimate of drug-likeness (QED) is 0.831. The molecular weight excluding hydrogens is 242 g/mol. The standard InChI is InChI=1S/C13H19N5O/c1-4-11-12(14-5-2)16-8-17-13(11)15-7-10-6-9(3)19-18-10/h6,8H,4-5,7H2,1-3H3,(H2,14,15,16,17). The van der Waals surface area contributed by atoms with Crippen LogP contribution in [0.15, 0.2) is 16.9 Å². The van der Waals surface area contributed by atoms with Crippen LogP contribution in [0.1, 0.15) is 30.9 Å². The summed E-state index contributed by atoms with van der Waals surface area (Å²) in [6, 6.07) is 1.91. The van der Waals surface area contributed by atoms with E-state index in [4.69, 9.17) is 4.52 Å². The zero-order valence-electron chi connectivity index (χ0n) is 11.5. The molecule has 2 aromatic rings. The summed E-state index contributed by atoms with van der Waals surface area (Å²) in [5, 5.41) is 10.5. The van der Waals surface area contributed by atoms with Crippen molar-refractivity contribution in [2.24, 2.45) is 0 Å². The Balaban J connectivity index is 2.13. The topological polar surface area (TPSA) is 75.9 Å². The molecule has 2 aromatic heterocycles. The summed E-state index contributed by atoms with van der Waals surface area (Å²) in [5.41, 5.74) is 1.95. The largest absolute Gasteiger partial charge is 0.370 e. The summed E-state index contributed by atoms with van der Waals surface area (Å²) in [7, 11) is 0. The number of nitrogens with one attached hydrogen (secondary N) is 2. The fourth-order valence-electron chi connectivity index (χ4n) is 1.89. The van der Waals surface area contributed by atoms with Gasteiger partial charge in [0.1, 0.15) is 29.4 Å². The van der Waals surface area contributed by atoms with E-state index in [0.717, 1.165) is 41.6 Å². The van der Waals surface area contributed by atoms with Crippen LogP contribution in [-0.4, -0.2) is 21.7 Å². The smallest absolute Gasteiger partial charge is 0.135 e. The van der Waals surface area contributed by atoms with Gasteiger partial charge in [-0.15, -0.1) is 0 Å². The van der Waals surface area contributed by atoms with E-state index < -0.39 is 0 Å². The maximum atomic E-state index is 5.04. The van der Waals surface area contributed by atoms with Crippen LogP contribution in [0.5, 0.6) is 0 Å². The van der Waals surface area contributed by atoms with Gasteiger partial charge in [0.25, 0.3) is 0 Å². The third kappa shape index (κ3) is 3.21. The van der Waals surface area contributed by atoms with E-state index in [1.165, 1.54) is 0 Å². The molecule has 0 amide bonds. The number of hydrogen-bond donors (Lipinski definition) is 2. The molecule has 6 nitrogen and oxygen atoms in total. The second kappa shape index (κ2) is 6.17. The lowest BCUT2D eigenvalue weighted by Gasteiger charge is -2.12. The van der Waals surface area contributed by atoms with Gasteiger partial charge in [0.2, 0.25) is 0 Å². The zero-order chi connectivity index (χ0) is 13.7. The Hall–Kier alpha value is -2.11. The second-order valence-electron chi connectivity index (χ2n) is 4.22. The molecule has 0 aliphatic carbocycles. The minimum absolute atomic E-state index is 0.590. The molecule has 0 saturated heterocycles. The van der Waals surface area contributed by atoms with Gasteiger partial charge in [0, 0.05) is 18.2 Å². The van der Waals surface area contributed by atoms with Crippen molar-refractivity contribution < 1.29 is 4.52 Å². The normalized spacial score (nSPS) is 10.5. The van der Waals surface area contributed by atoms with Crippen LogP contribution >= 0.6 is 0 Å². The monoisotopic (exact) mass is 261 g/mol. The number of nitrogens with zero attached hydrogens (tertiary/aromatic N) is 3. The van der Waals surface area contributed by atoms with Gasteiger partial charge in [-0.2, -0.15) is 0 Å². The SMILES string of the molecule is CCNc1ncnc(NCc2cc(C)on2)c1CC. The van der Waals surface area contributed by atoms with Gasteiger partial charge < -0.3 is 15.2 Å². The van der Waals surface area contributed by atoms with E-state index in [1.807, 2.05) is 19.9 Å². The molecule has 2 heterocycles. The van der Waals surface area contributed by atoms with E-state index in [2.05, 4.69) is 32.7 Å².